The predicted molar refractivity (Wildman–Crippen MR) is 80.4 cm³/mol. The molecule has 1 aromatic carbocycles. The first-order valence-corrected chi connectivity index (χ1v) is 7.28. The Hall–Kier alpha value is -1.65. The van der Waals surface area contributed by atoms with Crippen LogP contribution >= 0.6 is 0 Å². The summed E-state index contributed by atoms with van der Waals surface area (Å²) in [6, 6.07) is 7.85. The van der Waals surface area contributed by atoms with Crippen LogP contribution in [0, 0.1) is 0 Å². The van der Waals surface area contributed by atoms with Crippen LogP contribution in [0.1, 0.15) is 24.8 Å². The number of aldehydes is 1. The molecule has 2 rings (SSSR count). The van der Waals surface area contributed by atoms with Gasteiger partial charge in [-0.1, -0.05) is 24.3 Å². The average Bonchev–Trinajstić information content (AvgIpc) is 2.53. The van der Waals surface area contributed by atoms with Gasteiger partial charge in [0.15, 0.2) is 0 Å². The van der Waals surface area contributed by atoms with Crippen molar-refractivity contribution in [1.29, 1.82) is 0 Å². The van der Waals surface area contributed by atoms with E-state index >= 15 is 0 Å². The van der Waals surface area contributed by atoms with Gasteiger partial charge < -0.3 is 19.0 Å². The first kappa shape index (κ1) is 15.7. The van der Waals surface area contributed by atoms with Crippen LogP contribution in [0.5, 0.6) is 5.75 Å². The maximum atomic E-state index is 10.5. The summed E-state index contributed by atoms with van der Waals surface area (Å²) in [5.74, 6) is 0.849. The van der Waals surface area contributed by atoms with Gasteiger partial charge in [0, 0.05) is 13.0 Å². The zero-order chi connectivity index (χ0) is 14.9. The molecule has 0 fully saturated rings. The smallest absolute Gasteiger partial charge is 0.122 e. The second kappa shape index (κ2) is 8.60. The van der Waals surface area contributed by atoms with Crippen LogP contribution in [0.2, 0.25) is 0 Å². The number of hydrogen-bond acceptors (Lipinski definition) is 4. The van der Waals surface area contributed by atoms with Crippen molar-refractivity contribution in [3.63, 3.8) is 0 Å². The standard InChI is InChI=1S/C17H22O4/c1-19-15-7-5-14(6-8-15)13-20-12-10-17-4-2-3-16(21-17)9-11-18/h2-3,5-8,11,16-17H,4,9-10,12-13H2,1H3/t16-,17-/m0/s1. The van der Waals surface area contributed by atoms with E-state index in [4.69, 9.17) is 14.2 Å². The van der Waals surface area contributed by atoms with E-state index in [2.05, 4.69) is 6.08 Å². The van der Waals surface area contributed by atoms with Gasteiger partial charge in [-0.05, 0) is 30.5 Å². The normalized spacial score (nSPS) is 21.2. The van der Waals surface area contributed by atoms with Crippen LogP contribution in [0.25, 0.3) is 0 Å². The lowest BCUT2D eigenvalue weighted by atomic mass is 10.1. The number of ether oxygens (including phenoxy) is 3. The van der Waals surface area contributed by atoms with E-state index in [1.165, 1.54) is 0 Å². The van der Waals surface area contributed by atoms with E-state index in [1.807, 2.05) is 30.3 Å². The zero-order valence-corrected chi connectivity index (χ0v) is 12.4. The zero-order valence-electron chi connectivity index (χ0n) is 12.4. The van der Waals surface area contributed by atoms with Crippen molar-refractivity contribution in [3.05, 3.63) is 42.0 Å². The SMILES string of the molecule is COc1ccc(COCC[C@@H]2CC=C[C@@H](CC=O)O2)cc1. The number of carbonyl (C=O) groups excluding carboxylic acids is 1. The maximum Gasteiger partial charge on any atom is 0.122 e. The number of methoxy groups -OCH3 is 1. The van der Waals surface area contributed by atoms with Crippen LogP contribution < -0.4 is 4.74 Å². The molecule has 21 heavy (non-hydrogen) atoms. The molecule has 1 aromatic rings. The minimum Gasteiger partial charge on any atom is -0.497 e. The largest absolute Gasteiger partial charge is 0.497 e. The second-order valence-electron chi connectivity index (χ2n) is 5.05. The summed E-state index contributed by atoms with van der Waals surface area (Å²) in [6.45, 7) is 1.24. The van der Waals surface area contributed by atoms with Gasteiger partial charge in [-0.2, -0.15) is 0 Å². The Balaban J connectivity index is 1.65. The molecular formula is C17H22O4. The lowest BCUT2D eigenvalue weighted by Crippen LogP contribution is -2.25. The Morgan fingerprint density at radius 3 is 2.86 bits per heavy atom. The minimum atomic E-state index is -0.0668. The average molecular weight is 290 g/mol. The Labute approximate surface area is 125 Å². The Morgan fingerprint density at radius 2 is 2.14 bits per heavy atom. The van der Waals surface area contributed by atoms with E-state index in [0.717, 1.165) is 30.4 Å². The molecule has 114 valence electrons. The molecule has 4 heteroatoms. The molecule has 0 N–H and O–H groups in total. The lowest BCUT2D eigenvalue weighted by molar-refractivity contribution is -0.111. The van der Waals surface area contributed by atoms with E-state index < -0.39 is 0 Å². The van der Waals surface area contributed by atoms with Crippen LogP contribution in [0.4, 0.5) is 0 Å². The summed E-state index contributed by atoms with van der Waals surface area (Å²) in [5, 5.41) is 0. The fraction of sp³-hybridized carbons (Fsp3) is 0.471. The van der Waals surface area contributed by atoms with E-state index in [9.17, 15) is 4.79 Å². The van der Waals surface area contributed by atoms with Gasteiger partial charge in [-0.25, -0.2) is 0 Å². The molecule has 0 aromatic heterocycles. The van der Waals surface area contributed by atoms with Crippen molar-refractivity contribution in [1.82, 2.24) is 0 Å². The fourth-order valence-electron chi connectivity index (χ4n) is 2.27. The third kappa shape index (κ3) is 5.33. The molecule has 0 radical (unpaired) electrons. The number of rotatable bonds is 8. The van der Waals surface area contributed by atoms with Crippen LogP contribution in [-0.4, -0.2) is 32.2 Å². The van der Waals surface area contributed by atoms with Gasteiger partial charge in [0.2, 0.25) is 0 Å². The van der Waals surface area contributed by atoms with E-state index in [0.29, 0.717) is 19.6 Å². The summed E-state index contributed by atoms with van der Waals surface area (Å²) >= 11 is 0. The van der Waals surface area contributed by atoms with Crippen molar-refractivity contribution in [2.24, 2.45) is 0 Å². The van der Waals surface area contributed by atoms with Crippen molar-refractivity contribution in [3.8, 4) is 5.75 Å². The summed E-state index contributed by atoms with van der Waals surface area (Å²) in [4.78, 5) is 10.5. The van der Waals surface area contributed by atoms with Gasteiger partial charge in [-0.3, -0.25) is 0 Å². The van der Waals surface area contributed by atoms with Crippen molar-refractivity contribution in [2.75, 3.05) is 13.7 Å². The molecule has 1 aliphatic heterocycles. The molecule has 0 aliphatic carbocycles. The molecular weight excluding hydrogens is 268 g/mol. The van der Waals surface area contributed by atoms with Gasteiger partial charge >= 0.3 is 0 Å². The van der Waals surface area contributed by atoms with Gasteiger partial charge in [-0.15, -0.1) is 0 Å². The summed E-state index contributed by atoms with van der Waals surface area (Å²) < 4.78 is 16.6. The van der Waals surface area contributed by atoms with Gasteiger partial charge in [0.25, 0.3) is 0 Å². The maximum absolute atomic E-state index is 10.5. The Bertz CT molecular complexity index is 452. The van der Waals surface area contributed by atoms with E-state index in [-0.39, 0.29) is 12.2 Å². The first-order valence-electron chi connectivity index (χ1n) is 7.28. The molecule has 0 amide bonds. The van der Waals surface area contributed by atoms with Crippen LogP contribution in [0.3, 0.4) is 0 Å². The Morgan fingerprint density at radius 1 is 1.33 bits per heavy atom. The topological polar surface area (TPSA) is 44.8 Å². The number of benzene rings is 1. The summed E-state index contributed by atoms with van der Waals surface area (Å²) in [5.41, 5.74) is 1.12. The highest BCUT2D eigenvalue weighted by Gasteiger charge is 2.17. The highest BCUT2D eigenvalue weighted by atomic mass is 16.5. The monoisotopic (exact) mass is 290 g/mol. The third-order valence-electron chi connectivity index (χ3n) is 3.46. The molecule has 0 saturated heterocycles. The van der Waals surface area contributed by atoms with Crippen molar-refractivity contribution in [2.45, 2.75) is 38.1 Å². The lowest BCUT2D eigenvalue weighted by Gasteiger charge is -2.24. The van der Waals surface area contributed by atoms with Crippen molar-refractivity contribution < 1.29 is 19.0 Å². The quantitative estimate of drug-likeness (QED) is 0.419. The van der Waals surface area contributed by atoms with Crippen LogP contribution in [0.15, 0.2) is 36.4 Å². The molecule has 0 unspecified atom stereocenters. The van der Waals surface area contributed by atoms with Crippen LogP contribution in [-0.2, 0) is 20.9 Å². The summed E-state index contributed by atoms with van der Waals surface area (Å²) in [7, 11) is 1.65. The minimum absolute atomic E-state index is 0.0668. The molecule has 0 saturated carbocycles. The number of carbonyl (C=O) groups is 1. The molecule has 0 bridgehead atoms. The van der Waals surface area contributed by atoms with E-state index in [1.54, 1.807) is 7.11 Å². The van der Waals surface area contributed by atoms with Gasteiger partial charge in [0.05, 0.1) is 25.9 Å². The van der Waals surface area contributed by atoms with Gasteiger partial charge in [0.1, 0.15) is 12.0 Å². The van der Waals surface area contributed by atoms with Crippen molar-refractivity contribution >= 4 is 6.29 Å². The number of hydrogen-bond donors (Lipinski definition) is 0. The third-order valence-corrected chi connectivity index (χ3v) is 3.46. The predicted octanol–water partition coefficient (Wildman–Crippen LogP) is 2.90. The first-order chi connectivity index (χ1) is 10.3. The molecule has 0 spiro atoms. The Kier molecular flexibility index (Phi) is 6.44. The fourth-order valence-corrected chi connectivity index (χ4v) is 2.27. The second-order valence-corrected chi connectivity index (χ2v) is 5.05. The molecule has 1 aliphatic rings. The summed E-state index contributed by atoms with van der Waals surface area (Å²) in [6.07, 6.45) is 7.20. The highest BCUT2D eigenvalue weighted by molar-refractivity contribution is 5.50. The molecule has 4 nitrogen and oxygen atoms in total. The molecule has 2 atom stereocenters. The highest BCUT2D eigenvalue weighted by Crippen LogP contribution is 2.17. The molecule has 1 heterocycles.